The third kappa shape index (κ3) is 3.75. The summed E-state index contributed by atoms with van der Waals surface area (Å²) in [7, 11) is 1.54. The molecule has 0 heterocycles. The molecule has 0 radical (unpaired) electrons. The van der Waals surface area contributed by atoms with Crippen molar-refractivity contribution >= 4 is 11.4 Å². The van der Waals surface area contributed by atoms with E-state index in [0.717, 1.165) is 12.8 Å². The van der Waals surface area contributed by atoms with Gasteiger partial charge in [0.15, 0.2) is 0 Å². The van der Waals surface area contributed by atoms with Gasteiger partial charge < -0.3 is 15.8 Å². The number of nitrogen functional groups attached to an aromatic ring is 1. The van der Waals surface area contributed by atoms with Crippen LogP contribution in [0.4, 0.5) is 15.8 Å². The van der Waals surface area contributed by atoms with E-state index < -0.39 is 0 Å². The molecule has 1 aliphatic carbocycles. The molecule has 0 amide bonds. The van der Waals surface area contributed by atoms with E-state index in [4.69, 9.17) is 10.5 Å². The van der Waals surface area contributed by atoms with Crippen LogP contribution in [0, 0.1) is 5.82 Å². The lowest BCUT2D eigenvalue weighted by molar-refractivity contribution is 0.416. The van der Waals surface area contributed by atoms with Crippen molar-refractivity contribution in [3.63, 3.8) is 0 Å². The summed E-state index contributed by atoms with van der Waals surface area (Å²) in [5.41, 5.74) is 6.52. The molecule has 106 valence electrons. The van der Waals surface area contributed by atoms with Crippen molar-refractivity contribution in [2.24, 2.45) is 0 Å². The van der Waals surface area contributed by atoms with E-state index in [1.807, 2.05) is 0 Å². The molecule has 1 fully saturated rings. The molecule has 4 heteroatoms. The van der Waals surface area contributed by atoms with Crippen molar-refractivity contribution in [2.75, 3.05) is 18.2 Å². The normalized spacial score (nSPS) is 17.6. The van der Waals surface area contributed by atoms with Crippen molar-refractivity contribution in [2.45, 2.75) is 51.0 Å². The molecule has 2 rings (SSSR count). The van der Waals surface area contributed by atoms with Gasteiger partial charge >= 0.3 is 0 Å². The Hall–Kier alpha value is -1.45. The summed E-state index contributed by atoms with van der Waals surface area (Å²) in [6.45, 7) is 0. The first-order chi connectivity index (χ1) is 9.20. The zero-order valence-electron chi connectivity index (χ0n) is 11.5. The lowest BCUT2D eigenvalue weighted by Gasteiger charge is -2.23. The molecular formula is C15H23FN2O. The van der Waals surface area contributed by atoms with Crippen molar-refractivity contribution in [3.05, 3.63) is 17.9 Å². The fraction of sp³-hybridized carbons (Fsp3) is 0.600. The third-order valence-electron chi connectivity index (χ3n) is 3.78. The molecule has 0 bridgehead atoms. The average Bonchev–Trinajstić information content (AvgIpc) is 2.35. The van der Waals surface area contributed by atoms with Crippen LogP contribution in [0.25, 0.3) is 0 Å². The van der Waals surface area contributed by atoms with E-state index in [1.54, 1.807) is 13.2 Å². The number of nitrogens with two attached hydrogens (primary N) is 1. The molecule has 1 aromatic rings. The summed E-state index contributed by atoms with van der Waals surface area (Å²) >= 11 is 0. The second kappa shape index (κ2) is 6.64. The predicted octanol–water partition coefficient (Wildman–Crippen LogP) is 3.94. The lowest BCUT2D eigenvalue weighted by Crippen LogP contribution is -2.21. The molecule has 3 N–H and O–H groups in total. The molecule has 0 spiro atoms. The van der Waals surface area contributed by atoms with Crippen LogP contribution in [-0.4, -0.2) is 13.2 Å². The summed E-state index contributed by atoms with van der Waals surface area (Å²) in [6.07, 6.45) is 8.53. The maximum atomic E-state index is 13.9. The third-order valence-corrected chi connectivity index (χ3v) is 3.78. The van der Waals surface area contributed by atoms with Gasteiger partial charge in [0.25, 0.3) is 0 Å². The molecule has 1 aromatic carbocycles. The average molecular weight is 266 g/mol. The van der Waals surface area contributed by atoms with Crippen molar-refractivity contribution in [1.82, 2.24) is 0 Å². The van der Waals surface area contributed by atoms with Gasteiger partial charge in [-0.15, -0.1) is 0 Å². The fourth-order valence-corrected chi connectivity index (χ4v) is 2.68. The molecule has 0 aliphatic heterocycles. The number of nitrogens with one attached hydrogen (secondary N) is 1. The number of rotatable bonds is 3. The van der Waals surface area contributed by atoms with Gasteiger partial charge in [0.05, 0.1) is 18.5 Å². The van der Waals surface area contributed by atoms with E-state index in [1.165, 1.54) is 38.2 Å². The van der Waals surface area contributed by atoms with E-state index in [9.17, 15) is 4.39 Å². The Morgan fingerprint density at radius 2 is 1.79 bits per heavy atom. The number of methoxy groups -OCH3 is 1. The first kappa shape index (κ1) is 14.0. The van der Waals surface area contributed by atoms with Gasteiger partial charge in [0.2, 0.25) is 0 Å². The van der Waals surface area contributed by atoms with Gasteiger partial charge in [-0.25, -0.2) is 4.39 Å². The van der Waals surface area contributed by atoms with Crippen LogP contribution >= 0.6 is 0 Å². The number of hydrogen-bond acceptors (Lipinski definition) is 3. The number of halogens is 1. The molecule has 0 unspecified atom stereocenters. The Morgan fingerprint density at radius 1 is 1.16 bits per heavy atom. The standard InChI is InChI=1S/C15H23FN2O/c1-19-15-10-14(12(16)9-13(15)17)18-11-7-5-3-2-4-6-8-11/h9-11,18H,2-8,17H2,1H3. The van der Waals surface area contributed by atoms with Crippen LogP contribution in [0.15, 0.2) is 12.1 Å². The summed E-state index contributed by atoms with van der Waals surface area (Å²) in [5, 5.41) is 3.31. The highest BCUT2D eigenvalue weighted by atomic mass is 19.1. The first-order valence-electron chi connectivity index (χ1n) is 7.10. The van der Waals surface area contributed by atoms with E-state index in [-0.39, 0.29) is 5.82 Å². The van der Waals surface area contributed by atoms with Crippen LogP contribution in [0.5, 0.6) is 5.75 Å². The molecule has 0 aromatic heterocycles. The molecular weight excluding hydrogens is 243 g/mol. The number of benzene rings is 1. The predicted molar refractivity (Wildman–Crippen MR) is 77.1 cm³/mol. The topological polar surface area (TPSA) is 47.3 Å². The van der Waals surface area contributed by atoms with E-state index >= 15 is 0 Å². The molecule has 3 nitrogen and oxygen atoms in total. The minimum absolute atomic E-state index is 0.305. The van der Waals surface area contributed by atoms with Gasteiger partial charge in [0.1, 0.15) is 11.6 Å². The Morgan fingerprint density at radius 3 is 2.42 bits per heavy atom. The molecule has 1 saturated carbocycles. The summed E-state index contributed by atoms with van der Waals surface area (Å²) in [4.78, 5) is 0. The van der Waals surface area contributed by atoms with Crippen molar-refractivity contribution in [1.29, 1.82) is 0 Å². The second-order valence-corrected chi connectivity index (χ2v) is 5.26. The maximum Gasteiger partial charge on any atom is 0.148 e. The largest absolute Gasteiger partial charge is 0.495 e. The van der Waals surface area contributed by atoms with Gasteiger partial charge in [0, 0.05) is 18.2 Å². The smallest absolute Gasteiger partial charge is 0.148 e. The van der Waals surface area contributed by atoms with Gasteiger partial charge in [-0.2, -0.15) is 0 Å². The van der Waals surface area contributed by atoms with Crippen LogP contribution in [-0.2, 0) is 0 Å². The zero-order valence-corrected chi connectivity index (χ0v) is 11.5. The highest BCUT2D eigenvalue weighted by molar-refractivity contribution is 5.62. The summed E-state index contributed by atoms with van der Waals surface area (Å²) in [5.74, 6) is 0.218. The van der Waals surface area contributed by atoms with E-state index in [0.29, 0.717) is 23.2 Å². The number of ether oxygens (including phenoxy) is 1. The SMILES string of the molecule is COc1cc(NC2CCCCCCC2)c(F)cc1N. The van der Waals surface area contributed by atoms with E-state index in [2.05, 4.69) is 5.32 Å². The quantitative estimate of drug-likeness (QED) is 0.815. The Bertz CT molecular complexity index is 415. The minimum Gasteiger partial charge on any atom is -0.495 e. The van der Waals surface area contributed by atoms with Gasteiger partial charge in [-0.05, 0) is 12.8 Å². The van der Waals surface area contributed by atoms with Crippen molar-refractivity contribution < 1.29 is 9.13 Å². The Balaban J connectivity index is 2.08. The maximum absolute atomic E-state index is 13.9. The van der Waals surface area contributed by atoms with Gasteiger partial charge in [-0.3, -0.25) is 0 Å². The Labute approximate surface area is 114 Å². The minimum atomic E-state index is -0.305. The Kier molecular flexibility index (Phi) is 4.88. The molecule has 1 aliphatic rings. The monoisotopic (exact) mass is 266 g/mol. The summed E-state index contributed by atoms with van der Waals surface area (Å²) in [6, 6.07) is 3.33. The highest BCUT2D eigenvalue weighted by Crippen LogP contribution is 2.30. The molecule has 0 saturated heterocycles. The molecule has 0 atom stereocenters. The van der Waals surface area contributed by atoms with Crippen LogP contribution in [0.2, 0.25) is 0 Å². The van der Waals surface area contributed by atoms with Crippen LogP contribution < -0.4 is 15.8 Å². The fourth-order valence-electron chi connectivity index (χ4n) is 2.68. The van der Waals surface area contributed by atoms with Crippen molar-refractivity contribution in [3.8, 4) is 5.75 Å². The second-order valence-electron chi connectivity index (χ2n) is 5.26. The number of anilines is 2. The first-order valence-corrected chi connectivity index (χ1v) is 7.10. The lowest BCUT2D eigenvalue weighted by atomic mass is 9.96. The zero-order chi connectivity index (χ0) is 13.7. The summed E-state index contributed by atoms with van der Waals surface area (Å²) < 4.78 is 19.0. The van der Waals surface area contributed by atoms with Crippen LogP contribution in [0.3, 0.4) is 0 Å². The number of hydrogen-bond donors (Lipinski definition) is 2. The van der Waals surface area contributed by atoms with Crippen LogP contribution in [0.1, 0.15) is 44.9 Å². The van der Waals surface area contributed by atoms with Gasteiger partial charge in [-0.1, -0.05) is 32.1 Å². The molecule has 19 heavy (non-hydrogen) atoms. The highest BCUT2D eigenvalue weighted by Gasteiger charge is 2.14.